The van der Waals surface area contributed by atoms with E-state index in [9.17, 15) is 0 Å². The number of methoxy groups -OCH3 is 1. The lowest BCUT2D eigenvalue weighted by atomic mass is 9.90. The highest BCUT2D eigenvalue weighted by molar-refractivity contribution is 5.89. The van der Waals surface area contributed by atoms with Crippen LogP contribution in [0, 0.1) is 17.3 Å². The molecule has 2 aromatic rings. The van der Waals surface area contributed by atoms with Crippen molar-refractivity contribution in [2.24, 2.45) is 17.3 Å². The molecule has 1 saturated heterocycles. The van der Waals surface area contributed by atoms with Crippen LogP contribution in [0.3, 0.4) is 0 Å². The van der Waals surface area contributed by atoms with E-state index in [-0.39, 0.29) is 5.41 Å². The molecular formula is C27H39N3O2. The first kappa shape index (κ1) is 21.8. The Morgan fingerprint density at radius 2 is 1.88 bits per heavy atom. The molecule has 2 unspecified atom stereocenters. The zero-order valence-electron chi connectivity index (χ0n) is 20.3. The van der Waals surface area contributed by atoms with Crippen LogP contribution in [-0.4, -0.2) is 49.8 Å². The summed E-state index contributed by atoms with van der Waals surface area (Å²) in [7, 11) is 1.74. The molecule has 3 aliphatic rings. The van der Waals surface area contributed by atoms with Crippen molar-refractivity contribution in [3.05, 3.63) is 23.3 Å². The molecule has 5 heteroatoms. The van der Waals surface area contributed by atoms with Crippen molar-refractivity contribution in [2.45, 2.75) is 59.3 Å². The minimum absolute atomic E-state index is 0.263. The van der Waals surface area contributed by atoms with Gasteiger partial charge in [-0.2, -0.15) is 0 Å². The molecule has 2 atom stereocenters. The van der Waals surface area contributed by atoms with Crippen molar-refractivity contribution >= 4 is 16.7 Å². The van der Waals surface area contributed by atoms with Crippen LogP contribution in [0.2, 0.25) is 0 Å². The molecular weight excluding hydrogens is 398 g/mol. The van der Waals surface area contributed by atoms with E-state index in [2.05, 4.69) is 43.1 Å². The van der Waals surface area contributed by atoms with E-state index in [0.29, 0.717) is 6.61 Å². The second-order valence-corrected chi connectivity index (χ2v) is 11.1. The van der Waals surface area contributed by atoms with Gasteiger partial charge < -0.3 is 19.7 Å². The lowest BCUT2D eigenvalue weighted by Crippen LogP contribution is -2.21. The molecule has 0 amide bonds. The molecule has 1 aromatic heterocycles. The molecule has 0 radical (unpaired) electrons. The van der Waals surface area contributed by atoms with Crippen LogP contribution in [0.4, 0.5) is 5.82 Å². The average Bonchev–Trinajstić information content (AvgIpc) is 3.13. The molecule has 2 fully saturated rings. The van der Waals surface area contributed by atoms with E-state index < -0.39 is 0 Å². The number of nitrogens with one attached hydrogen (secondary N) is 1. The Balaban J connectivity index is 1.39. The van der Waals surface area contributed by atoms with Gasteiger partial charge in [-0.15, -0.1) is 0 Å². The number of hydrogen-bond donors (Lipinski definition) is 1. The van der Waals surface area contributed by atoms with Crippen molar-refractivity contribution in [1.82, 2.24) is 9.88 Å². The largest absolute Gasteiger partial charge is 0.493 e. The Labute approximate surface area is 192 Å². The quantitative estimate of drug-likeness (QED) is 0.539. The number of fused-ring (bicyclic) bond motifs is 3. The number of anilines is 1. The maximum atomic E-state index is 6.21. The van der Waals surface area contributed by atoms with Gasteiger partial charge in [-0.3, -0.25) is 0 Å². The summed E-state index contributed by atoms with van der Waals surface area (Å²) in [5.74, 6) is 4.36. The number of rotatable bonds is 9. The maximum Gasteiger partial charge on any atom is 0.163 e. The van der Waals surface area contributed by atoms with Crippen molar-refractivity contribution in [3.63, 3.8) is 0 Å². The monoisotopic (exact) mass is 437 g/mol. The smallest absolute Gasteiger partial charge is 0.163 e. The topological polar surface area (TPSA) is 46.6 Å². The second-order valence-electron chi connectivity index (χ2n) is 11.1. The molecule has 32 heavy (non-hydrogen) atoms. The van der Waals surface area contributed by atoms with Gasteiger partial charge in [0.05, 0.1) is 19.2 Å². The van der Waals surface area contributed by atoms with Gasteiger partial charge in [-0.05, 0) is 86.1 Å². The number of nitrogens with zero attached hydrogens (tertiary/aromatic N) is 2. The van der Waals surface area contributed by atoms with Gasteiger partial charge in [0, 0.05) is 24.5 Å². The second kappa shape index (κ2) is 8.74. The van der Waals surface area contributed by atoms with Crippen molar-refractivity contribution in [3.8, 4) is 11.5 Å². The summed E-state index contributed by atoms with van der Waals surface area (Å²) >= 11 is 0. The number of likely N-dealkylation sites (tertiary alicyclic amines) is 1. The van der Waals surface area contributed by atoms with Gasteiger partial charge in [-0.1, -0.05) is 20.8 Å². The van der Waals surface area contributed by atoms with E-state index in [4.69, 9.17) is 14.5 Å². The van der Waals surface area contributed by atoms with Gasteiger partial charge in [0.2, 0.25) is 0 Å². The summed E-state index contributed by atoms with van der Waals surface area (Å²) in [6.07, 6.45) is 7.20. The van der Waals surface area contributed by atoms with Gasteiger partial charge in [0.1, 0.15) is 5.82 Å². The van der Waals surface area contributed by atoms with Crippen molar-refractivity contribution < 1.29 is 9.47 Å². The van der Waals surface area contributed by atoms with Crippen molar-refractivity contribution in [2.75, 3.05) is 45.2 Å². The third-order valence-corrected chi connectivity index (χ3v) is 7.68. The van der Waals surface area contributed by atoms with Gasteiger partial charge in [0.15, 0.2) is 11.5 Å². The van der Waals surface area contributed by atoms with Crippen LogP contribution in [0.5, 0.6) is 11.5 Å². The van der Waals surface area contributed by atoms with E-state index in [1.807, 2.05) is 0 Å². The number of hydrogen-bond acceptors (Lipinski definition) is 5. The Morgan fingerprint density at radius 1 is 1.12 bits per heavy atom. The first-order valence-electron chi connectivity index (χ1n) is 12.6. The highest BCUT2D eigenvalue weighted by atomic mass is 16.5. The zero-order chi connectivity index (χ0) is 22.3. The Kier molecular flexibility index (Phi) is 5.96. The predicted molar refractivity (Wildman–Crippen MR) is 131 cm³/mol. The van der Waals surface area contributed by atoms with Crippen LogP contribution in [0.25, 0.3) is 10.9 Å². The first-order chi connectivity index (χ1) is 15.4. The standard InChI is InChI=1S/C27H39N3O2/c1-18-12-19(18)17-28-26-22-16-27(2,3)15-21(22)20-13-24(31-4)25(14-23(20)29-26)32-11-7-10-30-8-5-6-9-30/h13-14,18-19H,5-12,15-17H2,1-4H3,(H,28,29). The number of aromatic nitrogens is 1. The molecule has 1 N–H and O–H groups in total. The SMILES string of the molecule is COc1cc2c3c(c(NCC4CC4C)nc2cc1OCCCN1CCCC1)CC(C)(C)C3. The van der Waals surface area contributed by atoms with E-state index in [1.165, 1.54) is 48.9 Å². The summed E-state index contributed by atoms with van der Waals surface area (Å²) in [5.41, 5.74) is 4.12. The summed E-state index contributed by atoms with van der Waals surface area (Å²) in [6, 6.07) is 4.26. The van der Waals surface area contributed by atoms with Gasteiger partial charge in [0.25, 0.3) is 0 Å². The number of benzene rings is 1. The Bertz CT molecular complexity index is 981. The molecule has 1 saturated carbocycles. The first-order valence-corrected chi connectivity index (χ1v) is 12.6. The molecule has 5 nitrogen and oxygen atoms in total. The number of ether oxygens (including phenoxy) is 2. The van der Waals surface area contributed by atoms with Crippen LogP contribution >= 0.6 is 0 Å². The summed E-state index contributed by atoms with van der Waals surface area (Å²) < 4.78 is 12.0. The highest BCUT2D eigenvalue weighted by Gasteiger charge is 2.35. The van der Waals surface area contributed by atoms with Crippen LogP contribution in [0.1, 0.15) is 57.6 Å². The minimum atomic E-state index is 0.263. The molecule has 1 aliphatic heterocycles. The van der Waals surface area contributed by atoms with Crippen LogP contribution < -0.4 is 14.8 Å². The minimum Gasteiger partial charge on any atom is -0.493 e. The van der Waals surface area contributed by atoms with Crippen LogP contribution in [0.15, 0.2) is 12.1 Å². The summed E-state index contributed by atoms with van der Waals surface area (Å²) in [6.45, 7) is 12.4. The third kappa shape index (κ3) is 4.54. The highest BCUT2D eigenvalue weighted by Crippen LogP contribution is 2.45. The molecule has 2 aliphatic carbocycles. The van der Waals surface area contributed by atoms with E-state index in [1.54, 1.807) is 7.11 Å². The zero-order valence-corrected chi connectivity index (χ0v) is 20.3. The number of pyridine rings is 1. The third-order valence-electron chi connectivity index (χ3n) is 7.68. The maximum absolute atomic E-state index is 6.21. The Morgan fingerprint density at radius 3 is 2.59 bits per heavy atom. The lowest BCUT2D eigenvalue weighted by Gasteiger charge is -2.17. The summed E-state index contributed by atoms with van der Waals surface area (Å²) in [4.78, 5) is 7.64. The fraction of sp³-hybridized carbons (Fsp3) is 0.667. The molecule has 5 rings (SSSR count). The summed E-state index contributed by atoms with van der Waals surface area (Å²) in [5, 5.41) is 4.93. The normalized spacial score (nSPS) is 24.0. The fourth-order valence-corrected chi connectivity index (χ4v) is 5.60. The van der Waals surface area contributed by atoms with Crippen molar-refractivity contribution in [1.29, 1.82) is 0 Å². The van der Waals surface area contributed by atoms with Crippen LogP contribution in [-0.2, 0) is 12.8 Å². The Hall–Kier alpha value is -2.01. The molecule has 174 valence electrons. The predicted octanol–water partition coefficient (Wildman–Crippen LogP) is 5.30. The van der Waals surface area contributed by atoms with Gasteiger partial charge in [-0.25, -0.2) is 4.98 Å². The average molecular weight is 438 g/mol. The molecule has 0 spiro atoms. The van der Waals surface area contributed by atoms with Gasteiger partial charge >= 0.3 is 0 Å². The lowest BCUT2D eigenvalue weighted by molar-refractivity contribution is 0.254. The molecule has 0 bridgehead atoms. The molecule has 1 aromatic carbocycles. The fourth-order valence-electron chi connectivity index (χ4n) is 5.60. The van der Waals surface area contributed by atoms with E-state index in [0.717, 1.165) is 67.0 Å². The van der Waals surface area contributed by atoms with E-state index >= 15 is 0 Å². The molecule has 2 heterocycles.